The Hall–Kier alpha value is -1.63. The van der Waals surface area contributed by atoms with Gasteiger partial charge in [-0.3, -0.25) is 4.79 Å². The van der Waals surface area contributed by atoms with Gasteiger partial charge >= 0.3 is 12.0 Å². The number of thiazole rings is 1. The summed E-state index contributed by atoms with van der Waals surface area (Å²) in [6.07, 6.45) is 2.69. The van der Waals surface area contributed by atoms with Crippen molar-refractivity contribution in [1.29, 1.82) is 0 Å². The minimum absolute atomic E-state index is 0.0564. The number of nitrogens with one attached hydrogen (secondary N) is 1. The van der Waals surface area contributed by atoms with Crippen LogP contribution >= 0.6 is 11.3 Å². The average molecular weight is 313 g/mol. The summed E-state index contributed by atoms with van der Waals surface area (Å²) in [5.74, 6) is -0.908. The van der Waals surface area contributed by atoms with E-state index in [1.807, 2.05) is 27.0 Å². The van der Waals surface area contributed by atoms with Gasteiger partial charge < -0.3 is 15.3 Å². The van der Waals surface area contributed by atoms with Gasteiger partial charge in [0.1, 0.15) is 5.01 Å². The minimum Gasteiger partial charge on any atom is -0.481 e. The molecule has 0 bridgehead atoms. The summed E-state index contributed by atoms with van der Waals surface area (Å²) < 4.78 is 0. The van der Waals surface area contributed by atoms with Gasteiger partial charge in [-0.15, -0.1) is 11.3 Å². The first-order valence-electron chi connectivity index (χ1n) is 7.08. The number of rotatable bonds is 7. The van der Waals surface area contributed by atoms with E-state index in [0.29, 0.717) is 0 Å². The molecule has 2 amide bonds. The van der Waals surface area contributed by atoms with Crippen molar-refractivity contribution in [2.45, 2.75) is 52.6 Å². The van der Waals surface area contributed by atoms with Crippen LogP contribution in [-0.4, -0.2) is 39.6 Å². The van der Waals surface area contributed by atoms with Crippen molar-refractivity contribution in [2.75, 3.05) is 6.54 Å². The highest BCUT2D eigenvalue weighted by atomic mass is 32.1. The van der Waals surface area contributed by atoms with E-state index in [0.717, 1.165) is 11.4 Å². The van der Waals surface area contributed by atoms with Crippen molar-refractivity contribution in [1.82, 2.24) is 15.2 Å². The van der Waals surface area contributed by atoms with Gasteiger partial charge in [0.05, 0.1) is 12.5 Å². The number of aromatic nitrogens is 1. The number of amides is 2. The SMILES string of the molecule is CCc1cnc(C(C)NC(=O)N(CCC(=O)O)C(C)C)s1. The molecule has 1 aromatic heterocycles. The number of carboxylic acid groups (broad SMARTS) is 1. The molecule has 0 fully saturated rings. The molecule has 0 aliphatic heterocycles. The number of carboxylic acids is 1. The summed E-state index contributed by atoms with van der Waals surface area (Å²) in [4.78, 5) is 29.9. The van der Waals surface area contributed by atoms with Gasteiger partial charge in [-0.25, -0.2) is 9.78 Å². The maximum atomic E-state index is 12.3. The first kappa shape index (κ1) is 17.4. The molecule has 0 aliphatic carbocycles. The molecule has 0 saturated carbocycles. The number of urea groups is 1. The monoisotopic (exact) mass is 313 g/mol. The van der Waals surface area contributed by atoms with Gasteiger partial charge in [0.15, 0.2) is 0 Å². The second kappa shape index (κ2) is 7.97. The third-order valence-corrected chi connectivity index (χ3v) is 4.41. The summed E-state index contributed by atoms with van der Waals surface area (Å²) in [6.45, 7) is 7.87. The Morgan fingerprint density at radius 1 is 1.43 bits per heavy atom. The number of nitrogens with zero attached hydrogens (tertiary/aromatic N) is 2. The van der Waals surface area contributed by atoms with E-state index in [1.165, 1.54) is 9.78 Å². The van der Waals surface area contributed by atoms with E-state index in [4.69, 9.17) is 5.11 Å². The van der Waals surface area contributed by atoms with E-state index >= 15 is 0 Å². The Morgan fingerprint density at radius 2 is 2.10 bits per heavy atom. The first-order valence-corrected chi connectivity index (χ1v) is 7.90. The van der Waals surface area contributed by atoms with Crippen molar-refractivity contribution >= 4 is 23.3 Å². The maximum absolute atomic E-state index is 12.3. The number of hydrogen-bond donors (Lipinski definition) is 2. The van der Waals surface area contributed by atoms with E-state index in [9.17, 15) is 9.59 Å². The molecule has 1 atom stereocenters. The minimum atomic E-state index is -0.908. The summed E-state index contributed by atoms with van der Waals surface area (Å²) >= 11 is 1.58. The highest BCUT2D eigenvalue weighted by Crippen LogP contribution is 2.20. The number of carbonyl (C=O) groups excluding carboxylic acids is 1. The third-order valence-electron chi connectivity index (χ3n) is 3.08. The molecule has 21 heavy (non-hydrogen) atoms. The lowest BCUT2D eigenvalue weighted by atomic mass is 10.3. The van der Waals surface area contributed by atoms with E-state index in [1.54, 1.807) is 11.3 Å². The summed E-state index contributed by atoms with van der Waals surface area (Å²) in [6, 6.07) is -0.500. The number of hydrogen-bond acceptors (Lipinski definition) is 4. The average Bonchev–Trinajstić information content (AvgIpc) is 2.86. The molecule has 2 N–H and O–H groups in total. The molecule has 1 heterocycles. The highest BCUT2D eigenvalue weighted by molar-refractivity contribution is 7.11. The molecule has 0 radical (unpaired) electrons. The Bertz CT molecular complexity index is 488. The quantitative estimate of drug-likeness (QED) is 0.810. The van der Waals surface area contributed by atoms with Gasteiger partial charge in [-0.1, -0.05) is 6.92 Å². The molecule has 1 rings (SSSR count). The predicted molar refractivity (Wildman–Crippen MR) is 82.5 cm³/mol. The zero-order chi connectivity index (χ0) is 16.0. The summed E-state index contributed by atoms with van der Waals surface area (Å²) in [5, 5.41) is 12.5. The van der Waals surface area contributed by atoms with Gasteiger partial charge in [0.25, 0.3) is 0 Å². The molecule has 1 aromatic rings. The van der Waals surface area contributed by atoms with Crippen LogP contribution in [0.5, 0.6) is 0 Å². The largest absolute Gasteiger partial charge is 0.481 e. The van der Waals surface area contributed by atoms with E-state index < -0.39 is 5.97 Å². The normalized spacial score (nSPS) is 12.2. The molecule has 6 nitrogen and oxygen atoms in total. The van der Waals surface area contributed by atoms with Crippen LogP contribution in [0.2, 0.25) is 0 Å². The van der Waals surface area contributed by atoms with Crippen molar-refractivity contribution in [2.24, 2.45) is 0 Å². The molecule has 0 aromatic carbocycles. The molecule has 118 valence electrons. The van der Waals surface area contributed by atoms with Crippen LogP contribution in [0.3, 0.4) is 0 Å². The van der Waals surface area contributed by atoms with Crippen molar-refractivity contribution in [3.05, 3.63) is 16.1 Å². The second-order valence-corrected chi connectivity index (χ2v) is 6.27. The molecule has 0 spiro atoms. The molecule has 0 saturated heterocycles. The zero-order valence-electron chi connectivity index (χ0n) is 12.9. The predicted octanol–water partition coefficient (Wildman–Crippen LogP) is 2.66. The van der Waals surface area contributed by atoms with Crippen LogP contribution in [0.15, 0.2) is 6.20 Å². The van der Waals surface area contributed by atoms with E-state index in [2.05, 4.69) is 17.2 Å². The van der Waals surface area contributed by atoms with Crippen LogP contribution in [0, 0.1) is 0 Å². The lowest BCUT2D eigenvalue weighted by Crippen LogP contribution is -2.45. The molecular weight excluding hydrogens is 290 g/mol. The fraction of sp³-hybridized carbons (Fsp3) is 0.643. The van der Waals surface area contributed by atoms with Crippen molar-refractivity contribution in [3.63, 3.8) is 0 Å². The standard InChI is InChI=1S/C14H23N3O3S/c1-5-11-8-15-13(21-11)10(4)16-14(20)17(9(2)3)7-6-12(18)19/h8-10H,5-7H2,1-4H3,(H,16,20)(H,18,19). The van der Waals surface area contributed by atoms with Gasteiger partial charge in [0, 0.05) is 23.7 Å². The smallest absolute Gasteiger partial charge is 0.318 e. The van der Waals surface area contributed by atoms with Crippen LogP contribution in [0.4, 0.5) is 4.79 Å². The summed E-state index contributed by atoms with van der Waals surface area (Å²) in [7, 11) is 0. The van der Waals surface area contributed by atoms with Crippen LogP contribution in [-0.2, 0) is 11.2 Å². The molecule has 0 aliphatic rings. The van der Waals surface area contributed by atoms with Crippen LogP contribution in [0.25, 0.3) is 0 Å². The van der Waals surface area contributed by atoms with Gasteiger partial charge in [-0.05, 0) is 27.2 Å². The molecule has 1 unspecified atom stereocenters. The first-order chi connectivity index (χ1) is 9.85. The zero-order valence-corrected chi connectivity index (χ0v) is 13.7. The van der Waals surface area contributed by atoms with Crippen LogP contribution in [0.1, 0.15) is 50.0 Å². The van der Waals surface area contributed by atoms with Gasteiger partial charge in [0.2, 0.25) is 0 Å². The lowest BCUT2D eigenvalue weighted by Gasteiger charge is -2.27. The Kier molecular flexibility index (Phi) is 6.61. The summed E-state index contributed by atoms with van der Waals surface area (Å²) in [5.41, 5.74) is 0. The fourth-order valence-corrected chi connectivity index (χ4v) is 2.69. The van der Waals surface area contributed by atoms with E-state index in [-0.39, 0.29) is 31.1 Å². The lowest BCUT2D eigenvalue weighted by molar-refractivity contribution is -0.137. The second-order valence-electron chi connectivity index (χ2n) is 5.12. The number of aryl methyl sites for hydroxylation is 1. The van der Waals surface area contributed by atoms with Crippen LogP contribution < -0.4 is 5.32 Å². The Morgan fingerprint density at radius 3 is 2.57 bits per heavy atom. The third kappa shape index (κ3) is 5.34. The van der Waals surface area contributed by atoms with Crippen molar-refractivity contribution in [3.8, 4) is 0 Å². The Balaban J connectivity index is 2.65. The van der Waals surface area contributed by atoms with Gasteiger partial charge in [-0.2, -0.15) is 0 Å². The Labute approximate surface area is 129 Å². The number of aliphatic carboxylic acids is 1. The fourth-order valence-electron chi connectivity index (χ4n) is 1.83. The molecular formula is C14H23N3O3S. The highest BCUT2D eigenvalue weighted by Gasteiger charge is 2.21. The van der Waals surface area contributed by atoms with Crippen molar-refractivity contribution < 1.29 is 14.7 Å². The molecule has 7 heteroatoms. The number of carbonyl (C=O) groups is 2. The topological polar surface area (TPSA) is 82.5 Å². The maximum Gasteiger partial charge on any atom is 0.318 e.